The summed E-state index contributed by atoms with van der Waals surface area (Å²) >= 11 is 0. The van der Waals surface area contributed by atoms with Crippen LogP contribution in [0.5, 0.6) is 5.75 Å². The van der Waals surface area contributed by atoms with E-state index in [0.29, 0.717) is 30.1 Å². The molecule has 0 radical (unpaired) electrons. The van der Waals surface area contributed by atoms with Crippen LogP contribution in [0.4, 0.5) is 0 Å². The summed E-state index contributed by atoms with van der Waals surface area (Å²) in [5, 5.41) is 3.88. The zero-order chi connectivity index (χ0) is 18.5. The van der Waals surface area contributed by atoms with E-state index < -0.39 is 6.04 Å². The number of fused-ring (bicyclic) bond motifs is 1. The molecule has 0 spiro atoms. The van der Waals surface area contributed by atoms with Gasteiger partial charge in [-0.3, -0.25) is 4.79 Å². The molecule has 0 aliphatic rings. The summed E-state index contributed by atoms with van der Waals surface area (Å²) in [5.74, 6) is 1.18. The van der Waals surface area contributed by atoms with Crippen molar-refractivity contribution >= 4 is 16.9 Å². The van der Waals surface area contributed by atoms with Gasteiger partial charge in [-0.15, -0.1) is 0 Å². The van der Waals surface area contributed by atoms with Gasteiger partial charge in [0.25, 0.3) is 0 Å². The molecule has 0 aliphatic heterocycles. The summed E-state index contributed by atoms with van der Waals surface area (Å²) in [5.41, 5.74) is 7.78. The maximum absolute atomic E-state index is 12.4. The molecular weight excluding hydrogens is 328 g/mol. The Labute approximate surface area is 153 Å². The predicted octanol–water partition coefficient (Wildman–Crippen LogP) is 3.58. The van der Waals surface area contributed by atoms with Gasteiger partial charge in [0.05, 0.1) is 18.7 Å². The Morgan fingerprint density at radius 1 is 1.19 bits per heavy atom. The lowest BCUT2D eigenvalue weighted by atomic mass is 10.1. The summed E-state index contributed by atoms with van der Waals surface area (Å²) in [4.78, 5) is 12.4. The number of carbonyl (C=O) groups is 1. The molecule has 3 rings (SSSR count). The van der Waals surface area contributed by atoms with Crippen LogP contribution in [0.1, 0.15) is 31.2 Å². The van der Waals surface area contributed by atoms with Crippen molar-refractivity contribution < 1.29 is 13.9 Å². The van der Waals surface area contributed by atoms with E-state index in [2.05, 4.69) is 5.32 Å². The van der Waals surface area contributed by atoms with Crippen molar-refractivity contribution in [2.45, 2.75) is 32.4 Å². The van der Waals surface area contributed by atoms with Gasteiger partial charge in [0.15, 0.2) is 11.3 Å². The quantitative estimate of drug-likeness (QED) is 0.681. The highest BCUT2D eigenvalue weighted by Crippen LogP contribution is 2.31. The first-order valence-corrected chi connectivity index (χ1v) is 8.83. The van der Waals surface area contributed by atoms with Crippen LogP contribution >= 0.6 is 0 Å². The fourth-order valence-electron chi connectivity index (χ4n) is 2.89. The van der Waals surface area contributed by atoms with Crippen molar-refractivity contribution in [1.82, 2.24) is 5.32 Å². The Morgan fingerprint density at radius 2 is 1.96 bits per heavy atom. The highest BCUT2D eigenvalue weighted by molar-refractivity contribution is 5.85. The van der Waals surface area contributed by atoms with Crippen LogP contribution in [0.2, 0.25) is 0 Å². The monoisotopic (exact) mass is 352 g/mol. The number of furan rings is 1. The second-order valence-corrected chi connectivity index (χ2v) is 6.28. The molecule has 3 N–H and O–H groups in total. The second-order valence-electron chi connectivity index (χ2n) is 6.28. The summed E-state index contributed by atoms with van der Waals surface area (Å²) in [6.07, 6.45) is 0.494. The van der Waals surface area contributed by atoms with Gasteiger partial charge in [0, 0.05) is 5.39 Å². The third-order valence-electron chi connectivity index (χ3n) is 4.25. The SMILES string of the molecule is CCOc1cccc2cc(C(C)NC(=O)C(N)Cc3ccccc3)oc12. The van der Waals surface area contributed by atoms with Crippen LogP contribution in [-0.4, -0.2) is 18.6 Å². The normalized spacial score (nSPS) is 13.3. The summed E-state index contributed by atoms with van der Waals surface area (Å²) in [6, 6.07) is 16.5. The van der Waals surface area contributed by atoms with E-state index in [-0.39, 0.29) is 11.9 Å². The molecule has 5 heteroatoms. The largest absolute Gasteiger partial charge is 0.490 e. The Hall–Kier alpha value is -2.79. The fraction of sp³-hybridized carbons (Fsp3) is 0.286. The maximum atomic E-state index is 12.4. The average molecular weight is 352 g/mol. The lowest BCUT2D eigenvalue weighted by Gasteiger charge is -2.16. The Morgan fingerprint density at radius 3 is 2.69 bits per heavy atom. The molecule has 0 fully saturated rings. The number of carbonyl (C=O) groups excluding carboxylic acids is 1. The van der Waals surface area contributed by atoms with Crippen molar-refractivity contribution in [3.05, 3.63) is 65.9 Å². The molecule has 0 saturated carbocycles. The molecule has 0 aliphatic carbocycles. The lowest BCUT2D eigenvalue weighted by Crippen LogP contribution is -2.42. The predicted molar refractivity (Wildman–Crippen MR) is 102 cm³/mol. The fourth-order valence-corrected chi connectivity index (χ4v) is 2.89. The number of nitrogens with one attached hydrogen (secondary N) is 1. The summed E-state index contributed by atoms with van der Waals surface area (Å²) in [6.45, 7) is 4.38. The number of para-hydroxylation sites is 1. The molecule has 2 aromatic carbocycles. The molecule has 1 aromatic heterocycles. The number of hydrogen-bond acceptors (Lipinski definition) is 4. The number of nitrogens with two attached hydrogens (primary N) is 1. The van der Waals surface area contributed by atoms with Crippen molar-refractivity contribution in [1.29, 1.82) is 0 Å². The number of benzene rings is 2. The van der Waals surface area contributed by atoms with E-state index in [1.807, 2.05) is 68.4 Å². The Kier molecular flexibility index (Phi) is 5.58. The first-order valence-electron chi connectivity index (χ1n) is 8.83. The van der Waals surface area contributed by atoms with Crippen molar-refractivity contribution in [2.75, 3.05) is 6.61 Å². The summed E-state index contributed by atoms with van der Waals surface area (Å²) in [7, 11) is 0. The molecule has 136 valence electrons. The maximum Gasteiger partial charge on any atom is 0.237 e. The van der Waals surface area contributed by atoms with Gasteiger partial charge < -0.3 is 20.2 Å². The smallest absolute Gasteiger partial charge is 0.237 e. The first kappa shape index (κ1) is 18.0. The van der Waals surface area contributed by atoms with E-state index in [1.165, 1.54) is 0 Å². The average Bonchev–Trinajstić information content (AvgIpc) is 3.08. The second kappa shape index (κ2) is 8.06. The van der Waals surface area contributed by atoms with Gasteiger partial charge >= 0.3 is 0 Å². The van der Waals surface area contributed by atoms with E-state index in [1.54, 1.807) is 0 Å². The first-order chi connectivity index (χ1) is 12.6. The number of ether oxygens (including phenoxy) is 1. The van der Waals surface area contributed by atoms with E-state index >= 15 is 0 Å². The molecule has 2 atom stereocenters. The Balaban J connectivity index is 1.69. The Bertz CT molecular complexity index is 873. The van der Waals surface area contributed by atoms with Gasteiger partial charge in [0.1, 0.15) is 5.76 Å². The minimum Gasteiger partial charge on any atom is -0.490 e. The third kappa shape index (κ3) is 4.06. The van der Waals surface area contributed by atoms with Crippen LogP contribution in [0.3, 0.4) is 0 Å². The topological polar surface area (TPSA) is 77.5 Å². The number of amides is 1. The standard InChI is InChI=1S/C21H24N2O3/c1-3-25-18-11-7-10-16-13-19(26-20(16)18)14(2)23-21(24)17(22)12-15-8-5-4-6-9-15/h4-11,13-14,17H,3,12,22H2,1-2H3,(H,23,24). The van der Waals surface area contributed by atoms with Gasteiger partial charge in [-0.05, 0) is 38.0 Å². The molecular formula is C21H24N2O3. The van der Waals surface area contributed by atoms with Gasteiger partial charge in [-0.1, -0.05) is 42.5 Å². The van der Waals surface area contributed by atoms with Crippen LogP contribution in [0, 0.1) is 0 Å². The van der Waals surface area contributed by atoms with E-state index in [4.69, 9.17) is 14.9 Å². The van der Waals surface area contributed by atoms with Crippen LogP contribution in [-0.2, 0) is 11.2 Å². The van der Waals surface area contributed by atoms with Crippen LogP contribution in [0.25, 0.3) is 11.0 Å². The van der Waals surface area contributed by atoms with Crippen molar-refractivity contribution in [2.24, 2.45) is 5.73 Å². The molecule has 5 nitrogen and oxygen atoms in total. The zero-order valence-corrected chi connectivity index (χ0v) is 15.1. The van der Waals surface area contributed by atoms with E-state index in [9.17, 15) is 4.79 Å². The highest BCUT2D eigenvalue weighted by atomic mass is 16.5. The molecule has 0 saturated heterocycles. The molecule has 26 heavy (non-hydrogen) atoms. The van der Waals surface area contributed by atoms with Crippen LogP contribution < -0.4 is 15.8 Å². The molecule has 3 aromatic rings. The molecule has 0 bridgehead atoms. The third-order valence-corrected chi connectivity index (χ3v) is 4.25. The highest BCUT2D eigenvalue weighted by Gasteiger charge is 2.20. The number of rotatable bonds is 7. The molecule has 2 unspecified atom stereocenters. The van der Waals surface area contributed by atoms with E-state index in [0.717, 1.165) is 10.9 Å². The molecule has 1 amide bonds. The number of hydrogen-bond donors (Lipinski definition) is 2. The molecule has 1 heterocycles. The van der Waals surface area contributed by atoms with Gasteiger partial charge in [0.2, 0.25) is 5.91 Å². The van der Waals surface area contributed by atoms with Gasteiger partial charge in [-0.2, -0.15) is 0 Å². The van der Waals surface area contributed by atoms with Crippen molar-refractivity contribution in [3.63, 3.8) is 0 Å². The van der Waals surface area contributed by atoms with Crippen LogP contribution in [0.15, 0.2) is 59.0 Å². The minimum absolute atomic E-state index is 0.202. The lowest BCUT2D eigenvalue weighted by molar-refractivity contribution is -0.123. The minimum atomic E-state index is -0.608. The zero-order valence-electron chi connectivity index (χ0n) is 15.1. The summed E-state index contributed by atoms with van der Waals surface area (Å²) < 4.78 is 11.5. The van der Waals surface area contributed by atoms with Gasteiger partial charge in [-0.25, -0.2) is 0 Å². The van der Waals surface area contributed by atoms with Crippen molar-refractivity contribution in [3.8, 4) is 5.75 Å².